The van der Waals surface area contributed by atoms with Crippen LogP contribution in [0.15, 0.2) is 18.5 Å². The van der Waals surface area contributed by atoms with Gasteiger partial charge in [0.05, 0.1) is 12.6 Å². The fourth-order valence-corrected chi connectivity index (χ4v) is 0.584. The zero-order valence-corrected chi connectivity index (χ0v) is 5.44. The first-order valence-electron chi connectivity index (χ1n) is 2.98. The lowest BCUT2D eigenvalue weighted by Crippen LogP contribution is -2.17. The highest BCUT2D eigenvalue weighted by atomic mass is 16.3. The molecule has 4 nitrogen and oxygen atoms in total. The number of hydrogen-bond acceptors (Lipinski definition) is 4. The molecule has 0 radical (unpaired) electrons. The summed E-state index contributed by atoms with van der Waals surface area (Å²) in [6, 6.07) is 1.24. The topological polar surface area (TPSA) is 72.0 Å². The van der Waals surface area contributed by atoms with E-state index in [1.165, 1.54) is 0 Å². The molecule has 3 N–H and O–H groups in total. The van der Waals surface area contributed by atoms with E-state index in [1.807, 2.05) is 0 Å². The van der Waals surface area contributed by atoms with Gasteiger partial charge in [-0.15, -0.1) is 0 Å². The predicted octanol–water partition coefficient (Wildman–Crippen LogP) is -0.531. The normalized spacial score (nSPS) is 13.0. The first kappa shape index (κ1) is 7.11. The molecule has 1 rings (SSSR count). The number of aromatic nitrogens is 2. The zero-order valence-electron chi connectivity index (χ0n) is 5.44. The number of hydrogen-bond donors (Lipinski definition) is 2. The molecule has 4 heteroatoms. The Bertz CT molecular complexity index is 189. The van der Waals surface area contributed by atoms with Crippen molar-refractivity contribution in [2.45, 2.75) is 6.04 Å². The molecule has 0 aliphatic heterocycles. The summed E-state index contributed by atoms with van der Waals surface area (Å²) < 4.78 is 0. The molecule has 0 bridgehead atoms. The van der Waals surface area contributed by atoms with E-state index >= 15 is 0 Å². The lowest BCUT2D eigenvalue weighted by Gasteiger charge is -2.03. The van der Waals surface area contributed by atoms with Gasteiger partial charge in [0.2, 0.25) is 0 Å². The predicted molar refractivity (Wildman–Crippen MR) is 36.0 cm³/mol. The monoisotopic (exact) mass is 139 g/mol. The van der Waals surface area contributed by atoms with Gasteiger partial charge in [0.15, 0.2) is 0 Å². The van der Waals surface area contributed by atoms with Gasteiger partial charge in [0.25, 0.3) is 0 Å². The van der Waals surface area contributed by atoms with Crippen LogP contribution < -0.4 is 5.73 Å². The molecule has 0 unspecified atom stereocenters. The average molecular weight is 139 g/mol. The maximum atomic E-state index is 8.58. The minimum absolute atomic E-state index is 0.121. The van der Waals surface area contributed by atoms with Crippen LogP contribution in [-0.2, 0) is 0 Å². The summed E-state index contributed by atoms with van der Waals surface area (Å²) in [5, 5.41) is 8.58. The molecule has 0 aliphatic carbocycles. The van der Waals surface area contributed by atoms with Crippen LogP contribution in [0, 0.1) is 0 Å². The second-order valence-electron chi connectivity index (χ2n) is 1.90. The Morgan fingerprint density at radius 1 is 1.50 bits per heavy atom. The number of nitrogens with zero attached hydrogens (tertiary/aromatic N) is 2. The van der Waals surface area contributed by atoms with E-state index in [4.69, 9.17) is 10.8 Å². The summed E-state index contributed by atoms with van der Waals surface area (Å²) in [5.74, 6) is 0.477. The molecule has 54 valence electrons. The molecule has 0 spiro atoms. The molecule has 1 atom stereocenters. The fraction of sp³-hybridized carbons (Fsp3) is 0.333. The molecule has 0 fully saturated rings. The zero-order chi connectivity index (χ0) is 7.40. The molecule has 10 heavy (non-hydrogen) atoms. The maximum Gasteiger partial charge on any atom is 0.147 e. The smallest absolute Gasteiger partial charge is 0.147 e. The fourth-order valence-electron chi connectivity index (χ4n) is 0.584. The highest BCUT2D eigenvalue weighted by Gasteiger charge is 2.04. The van der Waals surface area contributed by atoms with Crippen LogP contribution in [0.2, 0.25) is 0 Å². The number of nitrogens with two attached hydrogens (primary N) is 1. The molecule has 0 saturated heterocycles. The van der Waals surface area contributed by atoms with Crippen LogP contribution in [0.3, 0.4) is 0 Å². The van der Waals surface area contributed by atoms with Crippen molar-refractivity contribution in [3.05, 3.63) is 24.3 Å². The van der Waals surface area contributed by atoms with Crippen LogP contribution >= 0.6 is 0 Å². The Hall–Kier alpha value is -1.00. The van der Waals surface area contributed by atoms with Crippen molar-refractivity contribution in [3.63, 3.8) is 0 Å². The van der Waals surface area contributed by atoms with Crippen molar-refractivity contribution in [1.82, 2.24) is 9.97 Å². The van der Waals surface area contributed by atoms with E-state index < -0.39 is 6.04 Å². The average Bonchev–Trinajstić information content (AvgIpc) is 2.05. The standard InChI is InChI=1S/C6H9N3O/c7-5(4-10)6-8-2-1-3-9-6/h1-3,5,10H,4,7H2/t5-/m1/s1. The van der Waals surface area contributed by atoms with Gasteiger partial charge in [0.1, 0.15) is 5.82 Å². The van der Waals surface area contributed by atoms with E-state index in [0.717, 1.165) is 0 Å². The van der Waals surface area contributed by atoms with Crippen molar-refractivity contribution in [2.75, 3.05) is 6.61 Å². The quantitative estimate of drug-likeness (QED) is 0.577. The van der Waals surface area contributed by atoms with Gasteiger partial charge in [-0.2, -0.15) is 0 Å². The minimum Gasteiger partial charge on any atom is -0.394 e. The van der Waals surface area contributed by atoms with E-state index in [-0.39, 0.29) is 6.61 Å². The molecule has 1 heterocycles. The second-order valence-corrected chi connectivity index (χ2v) is 1.90. The van der Waals surface area contributed by atoms with E-state index in [9.17, 15) is 0 Å². The van der Waals surface area contributed by atoms with Crippen molar-refractivity contribution in [3.8, 4) is 0 Å². The van der Waals surface area contributed by atoms with Crippen LogP contribution in [-0.4, -0.2) is 21.7 Å². The second kappa shape index (κ2) is 3.24. The Kier molecular flexibility index (Phi) is 2.30. The summed E-state index contributed by atoms with van der Waals surface area (Å²) in [6.07, 6.45) is 3.19. The lowest BCUT2D eigenvalue weighted by atomic mass is 10.3. The third-order valence-electron chi connectivity index (χ3n) is 1.11. The van der Waals surface area contributed by atoms with Crippen molar-refractivity contribution >= 4 is 0 Å². The molecule has 0 saturated carbocycles. The number of aliphatic hydroxyl groups is 1. The maximum absolute atomic E-state index is 8.58. The van der Waals surface area contributed by atoms with Gasteiger partial charge < -0.3 is 10.8 Å². The van der Waals surface area contributed by atoms with Gasteiger partial charge in [-0.25, -0.2) is 9.97 Å². The Labute approximate surface area is 58.7 Å². The minimum atomic E-state index is -0.457. The summed E-state index contributed by atoms with van der Waals surface area (Å²) in [4.78, 5) is 7.71. The number of rotatable bonds is 2. The largest absolute Gasteiger partial charge is 0.394 e. The highest BCUT2D eigenvalue weighted by Crippen LogP contribution is 1.98. The first-order valence-corrected chi connectivity index (χ1v) is 2.98. The van der Waals surface area contributed by atoms with E-state index in [0.29, 0.717) is 5.82 Å². The van der Waals surface area contributed by atoms with Crippen molar-refractivity contribution < 1.29 is 5.11 Å². The molecular formula is C6H9N3O. The molecule has 0 aliphatic rings. The SMILES string of the molecule is N[C@H](CO)c1ncccn1. The molecule has 0 amide bonds. The first-order chi connectivity index (χ1) is 4.84. The lowest BCUT2D eigenvalue weighted by molar-refractivity contribution is 0.263. The van der Waals surface area contributed by atoms with Gasteiger partial charge >= 0.3 is 0 Å². The Morgan fingerprint density at radius 3 is 2.60 bits per heavy atom. The summed E-state index contributed by atoms with van der Waals surface area (Å²) in [7, 11) is 0. The summed E-state index contributed by atoms with van der Waals surface area (Å²) in [6.45, 7) is -0.121. The van der Waals surface area contributed by atoms with Crippen LogP contribution in [0.25, 0.3) is 0 Å². The summed E-state index contributed by atoms with van der Waals surface area (Å²) in [5.41, 5.74) is 5.42. The third kappa shape index (κ3) is 1.49. The van der Waals surface area contributed by atoms with Crippen LogP contribution in [0.1, 0.15) is 11.9 Å². The number of aliphatic hydroxyl groups excluding tert-OH is 1. The van der Waals surface area contributed by atoms with Gasteiger partial charge in [-0.1, -0.05) is 0 Å². The van der Waals surface area contributed by atoms with Crippen molar-refractivity contribution in [1.29, 1.82) is 0 Å². The Balaban J connectivity index is 2.75. The van der Waals surface area contributed by atoms with Crippen LogP contribution in [0.5, 0.6) is 0 Å². The van der Waals surface area contributed by atoms with Gasteiger partial charge in [-0.3, -0.25) is 0 Å². The van der Waals surface area contributed by atoms with E-state index in [2.05, 4.69) is 9.97 Å². The highest BCUT2D eigenvalue weighted by molar-refractivity contribution is 4.93. The molecule has 1 aromatic heterocycles. The molecule has 1 aromatic rings. The third-order valence-corrected chi connectivity index (χ3v) is 1.11. The van der Waals surface area contributed by atoms with E-state index in [1.54, 1.807) is 18.5 Å². The molecular weight excluding hydrogens is 130 g/mol. The Morgan fingerprint density at radius 2 is 2.10 bits per heavy atom. The van der Waals surface area contributed by atoms with Crippen LogP contribution in [0.4, 0.5) is 0 Å². The summed E-state index contributed by atoms with van der Waals surface area (Å²) >= 11 is 0. The van der Waals surface area contributed by atoms with Gasteiger partial charge in [0, 0.05) is 12.4 Å². The molecule has 0 aromatic carbocycles. The van der Waals surface area contributed by atoms with Gasteiger partial charge in [-0.05, 0) is 6.07 Å². The van der Waals surface area contributed by atoms with Crippen molar-refractivity contribution in [2.24, 2.45) is 5.73 Å².